The van der Waals surface area contributed by atoms with Crippen LogP contribution in [0.1, 0.15) is 29.1 Å². The van der Waals surface area contributed by atoms with E-state index in [1.807, 2.05) is 39.0 Å². The van der Waals surface area contributed by atoms with Crippen LogP contribution in [-0.4, -0.2) is 23.2 Å². The summed E-state index contributed by atoms with van der Waals surface area (Å²) < 4.78 is 29.7. The molecular formula is C16H18N4O2S2. The van der Waals surface area contributed by atoms with Gasteiger partial charge in [0.25, 0.3) is 10.0 Å². The summed E-state index contributed by atoms with van der Waals surface area (Å²) in [6.45, 7) is 5.59. The third-order valence-electron chi connectivity index (χ3n) is 3.69. The van der Waals surface area contributed by atoms with Gasteiger partial charge in [0.1, 0.15) is 4.21 Å². The van der Waals surface area contributed by atoms with Crippen molar-refractivity contribution in [2.75, 3.05) is 0 Å². The molecule has 0 unspecified atom stereocenters. The predicted molar refractivity (Wildman–Crippen MR) is 93.9 cm³/mol. The molecule has 0 radical (unpaired) electrons. The normalized spacial score (nSPS) is 13.1. The molecule has 24 heavy (non-hydrogen) atoms. The summed E-state index contributed by atoms with van der Waals surface area (Å²) in [6, 6.07) is 8.60. The molecule has 1 N–H and O–H groups in total. The standard InChI is InChI=1S/C16H18N4O2S2/c1-11-7-8-16(23-11)24(21,22)19-12(2)14-10-18-20(13(14)3)15-6-4-5-9-17-15/h4-10,12,19H,1-3H3/t12-/m1/s1. The summed E-state index contributed by atoms with van der Waals surface area (Å²) in [4.78, 5) is 5.23. The number of aromatic nitrogens is 3. The van der Waals surface area contributed by atoms with Crippen LogP contribution in [0.15, 0.2) is 46.9 Å². The number of nitrogens with zero attached hydrogens (tertiary/aromatic N) is 3. The lowest BCUT2D eigenvalue weighted by atomic mass is 10.1. The van der Waals surface area contributed by atoms with Crippen LogP contribution in [0.2, 0.25) is 0 Å². The zero-order valence-electron chi connectivity index (χ0n) is 13.6. The molecule has 0 saturated heterocycles. The number of rotatable bonds is 5. The van der Waals surface area contributed by atoms with Crippen LogP contribution >= 0.6 is 11.3 Å². The first-order valence-electron chi connectivity index (χ1n) is 7.43. The number of hydrogen-bond donors (Lipinski definition) is 1. The van der Waals surface area contributed by atoms with Gasteiger partial charge in [-0.25, -0.2) is 22.8 Å². The molecule has 0 aliphatic carbocycles. The number of hydrogen-bond acceptors (Lipinski definition) is 5. The minimum atomic E-state index is -3.54. The molecule has 3 aromatic heterocycles. The molecule has 8 heteroatoms. The largest absolute Gasteiger partial charge is 0.250 e. The summed E-state index contributed by atoms with van der Waals surface area (Å²) in [5, 5.41) is 4.34. The van der Waals surface area contributed by atoms with Gasteiger partial charge in [0.05, 0.1) is 6.20 Å². The van der Waals surface area contributed by atoms with Crippen LogP contribution in [0.4, 0.5) is 0 Å². The molecule has 0 spiro atoms. The number of pyridine rings is 1. The summed E-state index contributed by atoms with van der Waals surface area (Å²) in [5.41, 5.74) is 1.67. The average Bonchev–Trinajstić information content (AvgIpc) is 3.14. The third-order valence-corrected chi connectivity index (χ3v) is 6.73. The fourth-order valence-electron chi connectivity index (χ4n) is 2.47. The Labute approximate surface area is 145 Å². The van der Waals surface area contributed by atoms with E-state index in [-0.39, 0.29) is 0 Å². The molecule has 126 valence electrons. The third kappa shape index (κ3) is 3.26. The highest BCUT2D eigenvalue weighted by molar-refractivity contribution is 7.91. The van der Waals surface area contributed by atoms with Crippen molar-refractivity contribution >= 4 is 21.4 Å². The van der Waals surface area contributed by atoms with Crippen molar-refractivity contribution in [3.8, 4) is 5.82 Å². The number of thiophene rings is 1. The second-order valence-corrected chi connectivity index (χ2v) is 8.72. The van der Waals surface area contributed by atoms with E-state index >= 15 is 0 Å². The maximum absolute atomic E-state index is 12.5. The Morgan fingerprint density at radius 2 is 2.00 bits per heavy atom. The first kappa shape index (κ1) is 16.8. The second kappa shape index (κ2) is 6.46. The van der Waals surface area contributed by atoms with Crippen molar-refractivity contribution in [1.29, 1.82) is 0 Å². The van der Waals surface area contributed by atoms with Crippen LogP contribution in [0, 0.1) is 13.8 Å². The smallest absolute Gasteiger partial charge is 0.237 e. The Morgan fingerprint density at radius 1 is 1.21 bits per heavy atom. The molecule has 3 rings (SSSR count). The van der Waals surface area contributed by atoms with Crippen LogP contribution in [0.5, 0.6) is 0 Å². The molecule has 1 atom stereocenters. The monoisotopic (exact) mass is 362 g/mol. The van der Waals surface area contributed by atoms with E-state index in [4.69, 9.17) is 0 Å². The number of sulfonamides is 1. The average molecular weight is 362 g/mol. The van der Waals surface area contributed by atoms with Crippen LogP contribution in [-0.2, 0) is 10.0 Å². The Morgan fingerprint density at radius 3 is 2.62 bits per heavy atom. The maximum atomic E-state index is 12.5. The molecular weight excluding hydrogens is 344 g/mol. The highest BCUT2D eigenvalue weighted by Crippen LogP contribution is 2.24. The molecule has 6 nitrogen and oxygen atoms in total. The van der Waals surface area contributed by atoms with E-state index in [1.165, 1.54) is 11.3 Å². The second-order valence-electron chi connectivity index (χ2n) is 5.49. The van der Waals surface area contributed by atoms with Crippen molar-refractivity contribution in [2.45, 2.75) is 31.0 Å². The van der Waals surface area contributed by atoms with E-state index in [1.54, 1.807) is 29.2 Å². The highest BCUT2D eigenvalue weighted by atomic mass is 32.2. The van der Waals surface area contributed by atoms with Gasteiger partial charge in [0, 0.05) is 28.4 Å². The van der Waals surface area contributed by atoms with Gasteiger partial charge in [-0.15, -0.1) is 11.3 Å². The zero-order chi connectivity index (χ0) is 17.3. The lowest BCUT2D eigenvalue weighted by molar-refractivity contribution is 0.568. The van der Waals surface area contributed by atoms with E-state index < -0.39 is 16.1 Å². The van der Waals surface area contributed by atoms with Gasteiger partial charge in [0.15, 0.2) is 5.82 Å². The van der Waals surface area contributed by atoms with Crippen LogP contribution in [0.3, 0.4) is 0 Å². The molecule has 0 bridgehead atoms. The summed E-state index contributed by atoms with van der Waals surface area (Å²) >= 11 is 1.26. The SMILES string of the molecule is Cc1ccc(S(=O)(=O)N[C@H](C)c2cnn(-c3ccccn3)c2C)s1. The first-order valence-corrected chi connectivity index (χ1v) is 9.73. The molecule has 0 aromatic carbocycles. The molecule has 0 fully saturated rings. The first-order chi connectivity index (χ1) is 11.4. The van der Waals surface area contributed by atoms with Gasteiger partial charge in [0.2, 0.25) is 0 Å². The molecule has 0 aliphatic heterocycles. The summed E-state index contributed by atoms with van der Waals surface area (Å²) in [7, 11) is -3.54. The van der Waals surface area contributed by atoms with Crippen molar-refractivity contribution in [3.63, 3.8) is 0 Å². The van der Waals surface area contributed by atoms with E-state index in [0.29, 0.717) is 10.0 Å². The lowest BCUT2D eigenvalue weighted by Gasteiger charge is -2.13. The topological polar surface area (TPSA) is 76.9 Å². The van der Waals surface area contributed by atoms with Gasteiger partial charge in [-0.3, -0.25) is 0 Å². The van der Waals surface area contributed by atoms with Crippen molar-refractivity contribution in [3.05, 3.63) is 58.9 Å². The maximum Gasteiger partial charge on any atom is 0.250 e. The van der Waals surface area contributed by atoms with Crippen molar-refractivity contribution in [2.24, 2.45) is 0 Å². The predicted octanol–water partition coefficient (Wildman–Crippen LogP) is 2.99. The minimum absolute atomic E-state index is 0.321. The lowest BCUT2D eigenvalue weighted by Crippen LogP contribution is -2.26. The summed E-state index contributed by atoms with van der Waals surface area (Å²) in [6.07, 6.45) is 3.37. The fourth-order valence-corrected chi connectivity index (χ4v) is 4.99. The molecule has 0 saturated carbocycles. The van der Waals surface area contributed by atoms with Crippen molar-refractivity contribution in [1.82, 2.24) is 19.5 Å². The molecule has 0 aliphatic rings. The van der Waals surface area contributed by atoms with E-state index in [0.717, 1.165) is 16.1 Å². The molecule has 3 aromatic rings. The van der Waals surface area contributed by atoms with Crippen LogP contribution < -0.4 is 4.72 Å². The Balaban J connectivity index is 1.86. The quantitative estimate of drug-likeness (QED) is 0.757. The number of nitrogens with one attached hydrogen (secondary N) is 1. The van der Waals surface area contributed by atoms with Crippen LogP contribution in [0.25, 0.3) is 5.82 Å². The Bertz CT molecular complexity index is 946. The number of aryl methyl sites for hydroxylation is 1. The Kier molecular flexibility index (Phi) is 4.53. The van der Waals surface area contributed by atoms with Crippen molar-refractivity contribution < 1.29 is 8.42 Å². The van der Waals surface area contributed by atoms with Gasteiger partial charge in [-0.05, 0) is 45.0 Å². The highest BCUT2D eigenvalue weighted by Gasteiger charge is 2.22. The molecule has 0 amide bonds. The molecule has 3 heterocycles. The van der Waals surface area contributed by atoms with Gasteiger partial charge < -0.3 is 0 Å². The fraction of sp³-hybridized carbons (Fsp3) is 0.250. The Hall–Kier alpha value is -2.03. The van der Waals surface area contributed by atoms with Gasteiger partial charge >= 0.3 is 0 Å². The van der Waals surface area contributed by atoms with Gasteiger partial charge in [-0.2, -0.15) is 5.10 Å². The summed E-state index contributed by atoms with van der Waals surface area (Å²) in [5.74, 6) is 0.699. The zero-order valence-corrected chi connectivity index (χ0v) is 15.2. The minimum Gasteiger partial charge on any atom is -0.237 e. The van der Waals surface area contributed by atoms with E-state index in [2.05, 4.69) is 14.8 Å². The van der Waals surface area contributed by atoms with E-state index in [9.17, 15) is 8.42 Å². The van der Waals surface area contributed by atoms with Gasteiger partial charge in [-0.1, -0.05) is 6.07 Å².